The number of nitrogens with zero attached hydrogens (tertiary/aromatic N) is 2. The lowest BCUT2D eigenvalue weighted by Gasteiger charge is -2.10. The first-order valence-electron chi connectivity index (χ1n) is 9.10. The number of methoxy groups -OCH3 is 1. The molecule has 3 aromatic rings. The van der Waals surface area contributed by atoms with E-state index in [1.54, 1.807) is 38.3 Å². The fourth-order valence-corrected chi connectivity index (χ4v) is 2.89. The third-order valence-corrected chi connectivity index (χ3v) is 4.44. The Balaban J connectivity index is 1.53. The molecule has 0 fully saturated rings. The van der Waals surface area contributed by atoms with Crippen LogP contribution in [0.25, 0.3) is 10.8 Å². The molecule has 3 rings (SSSR count). The summed E-state index contributed by atoms with van der Waals surface area (Å²) in [5.74, 6) is -0.0573. The van der Waals surface area contributed by atoms with Gasteiger partial charge in [0.25, 0.3) is 5.56 Å². The predicted octanol–water partition coefficient (Wildman–Crippen LogP) is 1.15. The zero-order valence-electron chi connectivity index (χ0n) is 16.3. The van der Waals surface area contributed by atoms with Crippen LogP contribution in [0.1, 0.15) is 11.3 Å². The number of fused-ring (bicyclic) bond motifs is 1. The normalized spacial score (nSPS) is 10.6. The molecule has 0 radical (unpaired) electrons. The Morgan fingerprint density at radius 1 is 1.00 bits per heavy atom. The molecule has 29 heavy (non-hydrogen) atoms. The van der Waals surface area contributed by atoms with Gasteiger partial charge in [0.1, 0.15) is 12.3 Å². The molecule has 0 aliphatic heterocycles. The summed E-state index contributed by atoms with van der Waals surface area (Å²) in [6.07, 6.45) is 0. The van der Waals surface area contributed by atoms with E-state index < -0.39 is 5.91 Å². The van der Waals surface area contributed by atoms with E-state index in [9.17, 15) is 14.4 Å². The van der Waals surface area contributed by atoms with Crippen LogP contribution >= 0.6 is 0 Å². The molecule has 0 unspecified atom stereocenters. The van der Waals surface area contributed by atoms with E-state index >= 15 is 0 Å². The summed E-state index contributed by atoms with van der Waals surface area (Å²) in [4.78, 5) is 36.6. The maximum absolute atomic E-state index is 12.5. The predicted molar refractivity (Wildman–Crippen MR) is 109 cm³/mol. The van der Waals surface area contributed by atoms with Gasteiger partial charge in [0, 0.05) is 11.9 Å². The van der Waals surface area contributed by atoms with E-state index in [1.807, 2.05) is 24.3 Å². The third kappa shape index (κ3) is 4.98. The van der Waals surface area contributed by atoms with E-state index in [0.717, 1.165) is 21.4 Å². The number of aryl methyl sites for hydroxylation is 1. The number of carbonyl (C=O) groups is 2. The summed E-state index contributed by atoms with van der Waals surface area (Å²) in [6, 6.07) is 14.4. The zero-order valence-corrected chi connectivity index (χ0v) is 16.3. The number of carbonyl (C=O) groups excluding carboxylic acids is 2. The summed E-state index contributed by atoms with van der Waals surface area (Å²) in [7, 11) is 1.59. The van der Waals surface area contributed by atoms with E-state index in [1.165, 1.54) is 0 Å². The highest BCUT2D eigenvalue weighted by Crippen LogP contribution is 2.12. The molecule has 0 bridgehead atoms. The third-order valence-electron chi connectivity index (χ3n) is 4.44. The zero-order chi connectivity index (χ0) is 20.8. The Kier molecular flexibility index (Phi) is 6.23. The van der Waals surface area contributed by atoms with Crippen LogP contribution < -0.4 is 20.9 Å². The molecule has 0 aliphatic rings. The van der Waals surface area contributed by atoms with Crippen molar-refractivity contribution in [2.24, 2.45) is 0 Å². The van der Waals surface area contributed by atoms with Crippen molar-refractivity contribution in [3.8, 4) is 5.75 Å². The van der Waals surface area contributed by atoms with Crippen molar-refractivity contribution in [1.29, 1.82) is 0 Å². The Hall–Kier alpha value is -3.68. The van der Waals surface area contributed by atoms with Crippen molar-refractivity contribution < 1.29 is 14.3 Å². The van der Waals surface area contributed by atoms with Crippen molar-refractivity contribution in [2.75, 3.05) is 13.7 Å². The fraction of sp³-hybridized carbons (Fsp3) is 0.238. The Morgan fingerprint density at radius 3 is 2.38 bits per heavy atom. The molecule has 0 spiro atoms. The van der Waals surface area contributed by atoms with E-state index in [4.69, 9.17) is 4.74 Å². The van der Waals surface area contributed by atoms with Gasteiger partial charge < -0.3 is 15.4 Å². The number of aromatic nitrogens is 2. The van der Waals surface area contributed by atoms with Crippen LogP contribution in [-0.2, 0) is 22.7 Å². The van der Waals surface area contributed by atoms with Gasteiger partial charge in [-0.3, -0.25) is 14.4 Å². The van der Waals surface area contributed by atoms with E-state index in [2.05, 4.69) is 15.7 Å². The molecule has 150 valence electrons. The van der Waals surface area contributed by atoms with Crippen molar-refractivity contribution >= 4 is 22.6 Å². The number of benzene rings is 2. The largest absolute Gasteiger partial charge is 0.497 e. The topological polar surface area (TPSA) is 102 Å². The second-order valence-corrected chi connectivity index (χ2v) is 6.50. The van der Waals surface area contributed by atoms with Crippen molar-refractivity contribution in [1.82, 2.24) is 20.4 Å². The molecular formula is C21H22N4O4. The monoisotopic (exact) mass is 394 g/mol. The molecule has 0 aliphatic carbocycles. The van der Waals surface area contributed by atoms with Crippen LogP contribution in [0, 0.1) is 6.92 Å². The lowest BCUT2D eigenvalue weighted by atomic mass is 10.1. The molecule has 2 aromatic carbocycles. The molecule has 0 atom stereocenters. The number of rotatable bonds is 7. The highest BCUT2D eigenvalue weighted by Gasteiger charge is 2.11. The Morgan fingerprint density at radius 2 is 1.69 bits per heavy atom. The molecule has 0 saturated carbocycles. The van der Waals surface area contributed by atoms with Crippen LogP contribution in [0.3, 0.4) is 0 Å². The second kappa shape index (κ2) is 9.01. The highest BCUT2D eigenvalue weighted by atomic mass is 16.5. The van der Waals surface area contributed by atoms with Gasteiger partial charge in [-0.05, 0) is 30.7 Å². The summed E-state index contributed by atoms with van der Waals surface area (Å²) >= 11 is 0. The quantitative estimate of drug-likeness (QED) is 0.626. The van der Waals surface area contributed by atoms with Crippen molar-refractivity contribution in [3.63, 3.8) is 0 Å². The summed E-state index contributed by atoms with van der Waals surface area (Å²) in [5.41, 5.74) is 1.23. The van der Waals surface area contributed by atoms with Crippen LogP contribution in [0.15, 0.2) is 53.3 Å². The number of hydrogen-bond acceptors (Lipinski definition) is 5. The number of amides is 2. The van der Waals surface area contributed by atoms with Crippen LogP contribution in [-0.4, -0.2) is 35.2 Å². The van der Waals surface area contributed by atoms with E-state index in [-0.39, 0.29) is 24.6 Å². The minimum absolute atomic E-state index is 0.184. The summed E-state index contributed by atoms with van der Waals surface area (Å²) < 4.78 is 6.20. The lowest BCUT2D eigenvalue weighted by Crippen LogP contribution is -2.40. The molecule has 1 aromatic heterocycles. The molecule has 8 nitrogen and oxygen atoms in total. The van der Waals surface area contributed by atoms with Gasteiger partial charge in [0.05, 0.1) is 24.7 Å². The minimum Gasteiger partial charge on any atom is -0.497 e. The van der Waals surface area contributed by atoms with Gasteiger partial charge in [-0.15, -0.1) is 0 Å². The molecule has 1 heterocycles. The molecule has 2 amide bonds. The van der Waals surface area contributed by atoms with Crippen LogP contribution in [0.2, 0.25) is 0 Å². The maximum Gasteiger partial charge on any atom is 0.275 e. The number of nitrogens with one attached hydrogen (secondary N) is 2. The fourth-order valence-electron chi connectivity index (χ4n) is 2.89. The highest BCUT2D eigenvalue weighted by molar-refractivity contribution is 5.85. The van der Waals surface area contributed by atoms with Gasteiger partial charge in [-0.25, -0.2) is 4.68 Å². The van der Waals surface area contributed by atoms with Crippen LogP contribution in [0.5, 0.6) is 5.75 Å². The smallest absolute Gasteiger partial charge is 0.275 e. The first-order valence-corrected chi connectivity index (χ1v) is 9.10. The minimum atomic E-state index is -0.464. The Bertz CT molecular complexity index is 1090. The maximum atomic E-state index is 12.5. The Labute approximate surface area is 167 Å². The first-order chi connectivity index (χ1) is 14.0. The first kappa shape index (κ1) is 20.1. The van der Waals surface area contributed by atoms with Crippen molar-refractivity contribution in [3.05, 3.63) is 70.1 Å². The summed E-state index contributed by atoms with van der Waals surface area (Å²) in [5, 5.41) is 10.7. The molecule has 0 saturated heterocycles. The van der Waals surface area contributed by atoms with E-state index in [0.29, 0.717) is 17.6 Å². The average molecular weight is 394 g/mol. The molecular weight excluding hydrogens is 372 g/mol. The van der Waals surface area contributed by atoms with Crippen LogP contribution in [0.4, 0.5) is 0 Å². The molecule has 8 heteroatoms. The standard InChI is InChI=1S/C21H22N4O4/c1-14-17-5-3-4-6-18(17)21(28)25(24-14)13-20(27)23-12-19(26)22-11-15-7-9-16(29-2)10-8-15/h3-10H,11-13H2,1-2H3,(H,22,26)(H,23,27). The van der Waals surface area contributed by atoms with Gasteiger partial charge in [0.15, 0.2) is 0 Å². The number of hydrogen-bond donors (Lipinski definition) is 2. The lowest BCUT2D eigenvalue weighted by molar-refractivity contribution is -0.126. The van der Waals surface area contributed by atoms with Gasteiger partial charge in [-0.2, -0.15) is 5.10 Å². The SMILES string of the molecule is COc1ccc(CNC(=O)CNC(=O)Cn2nc(C)c3ccccc3c2=O)cc1. The molecule has 2 N–H and O–H groups in total. The van der Waals surface area contributed by atoms with Gasteiger partial charge >= 0.3 is 0 Å². The average Bonchev–Trinajstić information content (AvgIpc) is 2.74. The second-order valence-electron chi connectivity index (χ2n) is 6.50. The number of ether oxygens (including phenoxy) is 1. The van der Waals surface area contributed by atoms with Crippen molar-refractivity contribution in [2.45, 2.75) is 20.0 Å². The summed E-state index contributed by atoms with van der Waals surface area (Å²) in [6.45, 7) is 1.68. The van der Waals surface area contributed by atoms with Gasteiger partial charge in [-0.1, -0.05) is 30.3 Å². The van der Waals surface area contributed by atoms with Gasteiger partial charge in [0.2, 0.25) is 11.8 Å².